The van der Waals surface area contributed by atoms with E-state index in [1.807, 2.05) is 0 Å². The molecule has 1 aromatic carbocycles. The number of allylic oxidation sites excluding steroid dienone is 4. The minimum Gasteiger partial charge on any atom is -0.0654 e. The first-order valence-electron chi connectivity index (χ1n) is 12.5. The smallest absolute Gasteiger partial charge is 0.0590 e. The van der Waals surface area contributed by atoms with Crippen molar-refractivity contribution >= 4 is 19.9 Å². The lowest BCUT2D eigenvalue weighted by molar-refractivity contribution is 0.607. The van der Waals surface area contributed by atoms with Crippen LogP contribution in [0.2, 0.25) is 0 Å². The highest BCUT2D eigenvalue weighted by Crippen LogP contribution is 2.33. The van der Waals surface area contributed by atoms with E-state index in [1.165, 1.54) is 102 Å². The molecule has 1 heterocycles. The van der Waals surface area contributed by atoms with Gasteiger partial charge in [-0.3, -0.25) is 0 Å². The molecule has 0 amide bonds. The van der Waals surface area contributed by atoms with Gasteiger partial charge >= 0.3 is 0 Å². The molecular formula is C28H41Si. The van der Waals surface area contributed by atoms with Gasteiger partial charge in [0.05, 0.1) is 9.13 Å². The van der Waals surface area contributed by atoms with Crippen LogP contribution < -0.4 is 0 Å². The zero-order valence-corrected chi connectivity index (χ0v) is 20.0. The van der Waals surface area contributed by atoms with Crippen LogP contribution in [0.3, 0.4) is 0 Å². The van der Waals surface area contributed by atoms with Crippen LogP contribution in [0, 0.1) is 0 Å². The Balaban J connectivity index is 1.47. The maximum atomic E-state index is 2.52. The van der Waals surface area contributed by atoms with Crippen LogP contribution in [0.4, 0.5) is 0 Å². The second kappa shape index (κ2) is 12.5. The van der Waals surface area contributed by atoms with Crippen molar-refractivity contribution in [1.29, 1.82) is 0 Å². The number of fused-ring (bicyclic) bond motifs is 3. The van der Waals surface area contributed by atoms with Crippen molar-refractivity contribution in [3.05, 3.63) is 52.2 Å². The Hall–Kier alpha value is -1.21. The Morgan fingerprint density at radius 1 is 0.724 bits per heavy atom. The number of hydrogen-bond acceptors (Lipinski definition) is 0. The van der Waals surface area contributed by atoms with Gasteiger partial charge < -0.3 is 0 Å². The predicted octanol–water partition coefficient (Wildman–Crippen LogP) is 8.05. The lowest BCUT2D eigenvalue weighted by Gasteiger charge is -2.10. The van der Waals surface area contributed by atoms with Gasteiger partial charge in [0.15, 0.2) is 0 Å². The lowest BCUT2D eigenvalue weighted by atomic mass is 10.00. The predicted molar refractivity (Wildman–Crippen MR) is 132 cm³/mol. The molecule has 2 aliphatic rings. The molecule has 0 unspecified atom stereocenters. The van der Waals surface area contributed by atoms with E-state index in [4.69, 9.17) is 0 Å². The summed E-state index contributed by atoms with van der Waals surface area (Å²) in [7, 11) is 0.942. The average molecular weight is 406 g/mol. The minimum absolute atomic E-state index is 0.942. The van der Waals surface area contributed by atoms with Crippen LogP contribution in [0.25, 0.3) is 5.57 Å². The van der Waals surface area contributed by atoms with Gasteiger partial charge in [-0.15, -0.1) is 0 Å². The third kappa shape index (κ3) is 6.91. The van der Waals surface area contributed by atoms with Gasteiger partial charge in [0.1, 0.15) is 0 Å². The molecular weight excluding hydrogens is 364 g/mol. The highest BCUT2D eigenvalue weighted by molar-refractivity contribution is 6.71. The van der Waals surface area contributed by atoms with E-state index in [9.17, 15) is 0 Å². The van der Waals surface area contributed by atoms with E-state index in [-0.39, 0.29) is 0 Å². The molecule has 1 aliphatic heterocycles. The van der Waals surface area contributed by atoms with Gasteiger partial charge in [0.25, 0.3) is 0 Å². The molecule has 0 saturated carbocycles. The van der Waals surface area contributed by atoms with Gasteiger partial charge in [0, 0.05) is 0 Å². The molecule has 29 heavy (non-hydrogen) atoms. The van der Waals surface area contributed by atoms with E-state index >= 15 is 0 Å². The first kappa shape index (κ1) is 22.5. The first-order valence-corrected chi connectivity index (χ1v) is 13.5. The van der Waals surface area contributed by atoms with E-state index in [2.05, 4.69) is 44.2 Å². The molecule has 1 heteroatoms. The first-order chi connectivity index (χ1) is 14.3. The summed E-state index contributed by atoms with van der Waals surface area (Å²) < 4.78 is 0. The zero-order chi connectivity index (χ0) is 20.3. The number of rotatable bonds is 14. The topological polar surface area (TPSA) is 0 Å². The third-order valence-corrected chi connectivity index (χ3v) is 8.02. The lowest BCUT2D eigenvalue weighted by Crippen LogP contribution is -2.08. The molecule has 0 spiro atoms. The fraction of sp³-hybridized carbons (Fsp3) is 0.607. The maximum Gasteiger partial charge on any atom is 0.0590 e. The number of unbranched alkanes of at least 4 members (excludes halogenated alkanes) is 10. The van der Waals surface area contributed by atoms with Crippen molar-refractivity contribution in [3.8, 4) is 0 Å². The number of benzene rings is 1. The summed E-state index contributed by atoms with van der Waals surface area (Å²) in [6.07, 6.45) is 25.4. The van der Waals surface area contributed by atoms with Crippen LogP contribution >= 0.6 is 0 Å². The largest absolute Gasteiger partial charge is 0.0654 e. The van der Waals surface area contributed by atoms with Crippen molar-refractivity contribution in [3.63, 3.8) is 0 Å². The molecule has 3 rings (SSSR count). The maximum absolute atomic E-state index is 2.52. The van der Waals surface area contributed by atoms with Crippen LogP contribution in [0.1, 0.15) is 114 Å². The number of aryl methyl sites for hydroxylation is 1. The van der Waals surface area contributed by atoms with Crippen LogP contribution in [0.5, 0.6) is 0 Å². The molecule has 0 nitrogen and oxygen atoms in total. The molecule has 0 aromatic heterocycles. The summed E-state index contributed by atoms with van der Waals surface area (Å²) in [4.78, 5) is 0. The minimum atomic E-state index is 0.942. The fourth-order valence-corrected chi connectivity index (χ4v) is 6.22. The number of hydrogen-bond donors (Lipinski definition) is 0. The standard InChI is InChI=1S/C28H41Si/c1-3-5-7-9-11-13-15-23-17-19-26-24(21-23)22-28-27(26)20-18-25(29-28)16-14-12-10-8-6-4-2/h17-21H,3-16,22H2,1-2H3. The van der Waals surface area contributed by atoms with Crippen molar-refractivity contribution in [2.75, 3.05) is 0 Å². The normalized spacial score (nSPS) is 14.9. The van der Waals surface area contributed by atoms with Gasteiger partial charge in [0.2, 0.25) is 0 Å². The van der Waals surface area contributed by atoms with E-state index < -0.39 is 0 Å². The second-order valence-electron chi connectivity index (χ2n) is 9.08. The molecule has 1 aromatic rings. The Morgan fingerprint density at radius 2 is 1.38 bits per heavy atom. The van der Waals surface area contributed by atoms with E-state index in [1.54, 1.807) is 27.1 Å². The van der Waals surface area contributed by atoms with Crippen molar-refractivity contribution < 1.29 is 0 Å². The Morgan fingerprint density at radius 3 is 2.10 bits per heavy atom. The fourth-order valence-electron chi connectivity index (χ4n) is 4.73. The highest BCUT2D eigenvalue weighted by Gasteiger charge is 2.22. The third-order valence-electron chi connectivity index (χ3n) is 6.53. The van der Waals surface area contributed by atoms with Crippen LogP contribution in [0.15, 0.2) is 35.5 Å². The van der Waals surface area contributed by atoms with Gasteiger partial charge in [-0.05, 0) is 54.4 Å². The SMILES string of the molecule is CCCCCCCCC1=CC=C2C(=[Si]1)Cc1cc(CCCCCCCC)ccc12. The average Bonchev–Trinajstić information content (AvgIpc) is 3.10. The van der Waals surface area contributed by atoms with E-state index in [0.717, 1.165) is 9.13 Å². The molecule has 1 aliphatic carbocycles. The molecule has 157 valence electrons. The molecule has 0 atom stereocenters. The Labute approximate surface area is 182 Å². The van der Waals surface area contributed by atoms with Gasteiger partial charge in [-0.25, -0.2) is 0 Å². The second-order valence-corrected chi connectivity index (χ2v) is 10.6. The summed E-state index contributed by atoms with van der Waals surface area (Å²) in [5.74, 6) is 0. The van der Waals surface area contributed by atoms with Crippen molar-refractivity contribution in [2.24, 2.45) is 0 Å². The van der Waals surface area contributed by atoms with Gasteiger partial charge in [-0.1, -0.05) is 119 Å². The summed E-state index contributed by atoms with van der Waals surface area (Å²) in [6, 6.07) is 7.33. The van der Waals surface area contributed by atoms with Crippen LogP contribution in [-0.4, -0.2) is 14.3 Å². The highest BCUT2D eigenvalue weighted by atomic mass is 28.2. The zero-order valence-electron chi connectivity index (χ0n) is 19.0. The molecule has 1 radical (unpaired) electrons. The Bertz CT molecular complexity index is 735. The summed E-state index contributed by atoms with van der Waals surface area (Å²) >= 11 is 0. The summed E-state index contributed by atoms with van der Waals surface area (Å²) in [5.41, 5.74) is 6.23. The van der Waals surface area contributed by atoms with Crippen LogP contribution in [-0.2, 0) is 12.8 Å². The monoisotopic (exact) mass is 405 g/mol. The molecule has 0 fully saturated rings. The van der Waals surface area contributed by atoms with E-state index in [0.29, 0.717) is 0 Å². The molecule has 0 saturated heterocycles. The molecule has 0 N–H and O–H groups in total. The summed E-state index contributed by atoms with van der Waals surface area (Å²) in [5, 5.41) is 3.40. The van der Waals surface area contributed by atoms with Gasteiger partial charge in [-0.2, -0.15) is 0 Å². The van der Waals surface area contributed by atoms with Crippen molar-refractivity contribution in [2.45, 2.75) is 110 Å². The van der Waals surface area contributed by atoms with Crippen molar-refractivity contribution in [1.82, 2.24) is 0 Å². The molecule has 0 bridgehead atoms. The summed E-state index contributed by atoms with van der Waals surface area (Å²) in [6.45, 7) is 4.59. The quantitative estimate of drug-likeness (QED) is 0.217. The Kier molecular flexibility index (Phi) is 9.67.